The highest BCUT2D eigenvalue weighted by Gasteiger charge is 2.33. The van der Waals surface area contributed by atoms with Crippen LogP contribution in [-0.2, 0) is 14.4 Å². The van der Waals surface area contributed by atoms with Gasteiger partial charge in [-0.05, 0) is 34.1 Å². The van der Waals surface area contributed by atoms with Crippen molar-refractivity contribution in [2.75, 3.05) is 0 Å². The van der Waals surface area contributed by atoms with Crippen LogP contribution < -0.4 is 0 Å². The van der Waals surface area contributed by atoms with E-state index in [1.165, 1.54) is 6.07 Å². The zero-order valence-corrected chi connectivity index (χ0v) is 12.2. The molecule has 94 valence electrons. The summed E-state index contributed by atoms with van der Waals surface area (Å²) in [5.74, 6) is -1.76. The quantitative estimate of drug-likeness (QED) is 0.743. The van der Waals surface area contributed by atoms with Gasteiger partial charge >= 0.3 is 5.97 Å². The SMILES string of the molecule is O=C(ON1C(=O)CCC1=O)c1cc(Br)ccc1Br. The molecule has 1 heterocycles. The predicted molar refractivity (Wildman–Crippen MR) is 68.3 cm³/mol. The molecule has 1 aromatic carbocycles. The molecule has 0 atom stereocenters. The summed E-state index contributed by atoms with van der Waals surface area (Å²) in [6.07, 6.45) is 0.150. The molecule has 0 bridgehead atoms. The number of carbonyl (C=O) groups is 3. The summed E-state index contributed by atoms with van der Waals surface area (Å²) >= 11 is 6.43. The molecule has 2 amide bonds. The Bertz CT molecular complexity index is 528. The van der Waals surface area contributed by atoms with E-state index in [0.29, 0.717) is 14.0 Å². The van der Waals surface area contributed by atoms with Gasteiger partial charge in [-0.15, -0.1) is 5.06 Å². The number of benzene rings is 1. The summed E-state index contributed by atoms with van der Waals surface area (Å²) in [7, 11) is 0. The van der Waals surface area contributed by atoms with E-state index in [1.807, 2.05) is 0 Å². The maximum Gasteiger partial charge on any atom is 0.365 e. The van der Waals surface area contributed by atoms with Crippen molar-refractivity contribution in [3.63, 3.8) is 0 Å². The summed E-state index contributed by atoms with van der Waals surface area (Å²) in [6, 6.07) is 4.94. The average molecular weight is 377 g/mol. The lowest BCUT2D eigenvalue weighted by Gasteiger charge is -2.13. The molecule has 1 aliphatic rings. The fourth-order valence-corrected chi connectivity index (χ4v) is 2.21. The fourth-order valence-electron chi connectivity index (χ4n) is 1.44. The van der Waals surface area contributed by atoms with Gasteiger partial charge in [0.25, 0.3) is 11.8 Å². The smallest absolute Gasteiger partial charge is 0.325 e. The van der Waals surface area contributed by atoms with Crippen LogP contribution in [0.2, 0.25) is 0 Å². The number of amides is 2. The van der Waals surface area contributed by atoms with Crippen LogP contribution in [0.4, 0.5) is 0 Å². The monoisotopic (exact) mass is 375 g/mol. The van der Waals surface area contributed by atoms with Gasteiger partial charge < -0.3 is 4.84 Å². The number of rotatable bonds is 2. The lowest BCUT2D eigenvalue weighted by Crippen LogP contribution is -2.32. The van der Waals surface area contributed by atoms with Crippen LogP contribution in [0.5, 0.6) is 0 Å². The molecular weight excluding hydrogens is 370 g/mol. The molecule has 0 spiro atoms. The van der Waals surface area contributed by atoms with Crippen molar-refractivity contribution >= 4 is 49.6 Å². The van der Waals surface area contributed by atoms with Crippen LogP contribution in [0.25, 0.3) is 0 Å². The van der Waals surface area contributed by atoms with Gasteiger partial charge in [-0.1, -0.05) is 15.9 Å². The number of carbonyl (C=O) groups excluding carboxylic acids is 3. The normalized spacial score (nSPS) is 15.1. The molecule has 2 rings (SSSR count). The van der Waals surface area contributed by atoms with E-state index in [1.54, 1.807) is 12.1 Å². The van der Waals surface area contributed by atoms with Crippen molar-refractivity contribution < 1.29 is 19.2 Å². The van der Waals surface area contributed by atoms with Crippen molar-refractivity contribution in [2.24, 2.45) is 0 Å². The lowest BCUT2D eigenvalue weighted by atomic mass is 10.2. The first kappa shape index (κ1) is 13.2. The summed E-state index contributed by atoms with van der Waals surface area (Å²) < 4.78 is 1.21. The van der Waals surface area contributed by atoms with Gasteiger partial charge in [-0.3, -0.25) is 9.59 Å². The number of hydrogen-bond acceptors (Lipinski definition) is 4. The van der Waals surface area contributed by atoms with Crippen LogP contribution in [0.1, 0.15) is 23.2 Å². The number of hydrogen-bond donors (Lipinski definition) is 0. The molecule has 1 fully saturated rings. The topological polar surface area (TPSA) is 63.7 Å². The number of halogens is 2. The second-order valence-corrected chi connectivity index (χ2v) is 5.35. The molecule has 18 heavy (non-hydrogen) atoms. The first-order valence-electron chi connectivity index (χ1n) is 5.02. The largest absolute Gasteiger partial charge is 0.365 e. The highest BCUT2D eigenvalue weighted by Crippen LogP contribution is 2.23. The Morgan fingerprint density at radius 1 is 1.17 bits per heavy atom. The average Bonchev–Trinajstić information content (AvgIpc) is 2.64. The Morgan fingerprint density at radius 2 is 1.78 bits per heavy atom. The van der Waals surface area contributed by atoms with Gasteiger partial charge in [0.05, 0.1) is 5.56 Å². The van der Waals surface area contributed by atoms with Crippen LogP contribution >= 0.6 is 31.9 Å². The van der Waals surface area contributed by atoms with E-state index in [4.69, 9.17) is 4.84 Å². The van der Waals surface area contributed by atoms with E-state index in [0.717, 1.165) is 0 Å². The number of imide groups is 1. The second-order valence-electron chi connectivity index (χ2n) is 3.58. The molecule has 5 nitrogen and oxygen atoms in total. The van der Waals surface area contributed by atoms with E-state index >= 15 is 0 Å². The molecule has 0 radical (unpaired) electrons. The maximum absolute atomic E-state index is 11.8. The summed E-state index contributed by atoms with van der Waals surface area (Å²) in [4.78, 5) is 39.3. The first-order chi connectivity index (χ1) is 8.49. The third-order valence-electron chi connectivity index (χ3n) is 2.33. The van der Waals surface area contributed by atoms with Crippen molar-refractivity contribution in [3.05, 3.63) is 32.7 Å². The zero-order chi connectivity index (χ0) is 13.3. The minimum absolute atomic E-state index is 0.0752. The molecular formula is C11H7Br2NO4. The van der Waals surface area contributed by atoms with Crippen LogP contribution in [-0.4, -0.2) is 22.8 Å². The van der Waals surface area contributed by atoms with Crippen LogP contribution in [0.3, 0.4) is 0 Å². The molecule has 0 saturated carbocycles. The second kappa shape index (κ2) is 5.19. The van der Waals surface area contributed by atoms with Gasteiger partial charge in [0.2, 0.25) is 0 Å². The van der Waals surface area contributed by atoms with Crippen molar-refractivity contribution in [1.29, 1.82) is 0 Å². The highest BCUT2D eigenvalue weighted by molar-refractivity contribution is 9.11. The first-order valence-corrected chi connectivity index (χ1v) is 6.61. The molecule has 0 N–H and O–H groups in total. The Labute approximate surface area is 119 Å². The lowest BCUT2D eigenvalue weighted by molar-refractivity contribution is -0.172. The van der Waals surface area contributed by atoms with E-state index in [-0.39, 0.29) is 18.4 Å². The Morgan fingerprint density at radius 3 is 2.39 bits per heavy atom. The Hall–Kier alpha value is -1.21. The van der Waals surface area contributed by atoms with Crippen molar-refractivity contribution in [2.45, 2.75) is 12.8 Å². The fraction of sp³-hybridized carbons (Fsp3) is 0.182. The molecule has 0 aromatic heterocycles. The minimum atomic E-state index is -0.758. The van der Waals surface area contributed by atoms with Gasteiger partial charge in [0.1, 0.15) is 0 Å². The Balaban J connectivity index is 2.19. The van der Waals surface area contributed by atoms with Gasteiger partial charge in [0.15, 0.2) is 0 Å². The van der Waals surface area contributed by atoms with Crippen molar-refractivity contribution in [1.82, 2.24) is 5.06 Å². The summed E-state index contributed by atoms with van der Waals surface area (Å²) in [5, 5.41) is 0.523. The molecule has 7 heteroatoms. The molecule has 0 unspecified atom stereocenters. The number of hydroxylamine groups is 2. The molecule has 1 saturated heterocycles. The minimum Gasteiger partial charge on any atom is -0.325 e. The third kappa shape index (κ3) is 2.62. The zero-order valence-electron chi connectivity index (χ0n) is 8.98. The van der Waals surface area contributed by atoms with Gasteiger partial charge in [-0.2, -0.15) is 0 Å². The predicted octanol–water partition coefficient (Wildman–Crippen LogP) is 2.43. The van der Waals surface area contributed by atoms with Crippen LogP contribution in [0.15, 0.2) is 27.1 Å². The molecule has 0 aliphatic carbocycles. The maximum atomic E-state index is 11.8. The van der Waals surface area contributed by atoms with Crippen molar-refractivity contribution in [3.8, 4) is 0 Å². The van der Waals surface area contributed by atoms with Gasteiger partial charge in [0, 0.05) is 21.8 Å². The Kier molecular flexibility index (Phi) is 3.82. The molecule has 1 aromatic rings. The highest BCUT2D eigenvalue weighted by atomic mass is 79.9. The van der Waals surface area contributed by atoms with Crippen LogP contribution in [0, 0.1) is 0 Å². The van der Waals surface area contributed by atoms with E-state index < -0.39 is 17.8 Å². The summed E-state index contributed by atoms with van der Waals surface area (Å²) in [6.45, 7) is 0. The van der Waals surface area contributed by atoms with Gasteiger partial charge in [-0.25, -0.2) is 4.79 Å². The molecule has 1 aliphatic heterocycles. The van der Waals surface area contributed by atoms with E-state index in [2.05, 4.69) is 31.9 Å². The number of nitrogens with zero attached hydrogens (tertiary/aromatic N) is 1. The third-order valence-corrected chi connectivity index (χ3v) is 3.51. The van der Waals surface area contributed by atoms with E-state index in [9.17, 15) is 14.4 Å². The summed E-state index contributed by atoms with van der Waals surface area (Å²) in [5.41, 5.74) is 0.233. The standard InChI is InChI=1S/C11H7Br2NO4/c12-6-1-2-8(13)7(5-6)11(17)18-14-9(15)3-4-10(14)16/h1-2,5H,3-4H2.